The Hall–Kier alpha value is -1.20. The number of halogens is 1. The SMILES string of the molecule is CCOC(=O)C1(C)CCN(C(=Nc2ccc(Cl)cc2)SC)CC1. The van der Waals surface area contributed by atoms with Crippen molar-refractivity contribution in [3.8, 4) is 0 Å². The Morgan fingerprint density at radius 2 is 1.96 bits per heavy atom. The molecular formula is C17H23ClN2O2S. The Bertz CT molecular complexity index is 566. The first-order valence-electron chi connectivity index (χ1n) is 7.79. The van der Waals surface area contributed by atoms with E-state index in [9.17, 15) is 4.79 Å². The van der Waals surface area contributed by atoms with Crippen LogP contribution in [0.5, 0.6) is 0 Å². The zero-order valence-electron chi connectivity index (χ0n) is 13.8. The minimum absolute atomic E-state index is 0.0833. The average Bonchev–Trinajstić information content (AvgIpc) is 2.55. The van der Waals surface area contributed by atoms with Crippen LogP contribution in [0.15, 0.2) is 29.3 Å². The van der Waals surface area contributed by atoms with Gasteiger partial charge in [0.2, 0.25) is 0 Å². The maximum Gasteiger partial charge on any atom is 0.311 e. The number of rotatable bonds is 3. The molecule has 0 unspecified atom stereocenters. The van der Waals surface area contributed by atoms with Crippen LogP contribution in [-0.2, 0) is 9.53 Å². The van der Waals surface area contributed by atoms with Crippen molar-refractivity contribution in [3.63, 3.8) is 0 Å². The van der Waals surface area contributed by atoms with E-state index in [1.807, 2.05) is 44.4 Å². The fourth-order valence-electron chi connectivity index (χ4n) is 2.57. The van der Waals surface area contributed by atoms with Crippen LogP contribution >= 0.6 is 23.4 Å². The molecule has 1 aliphatic rings. The molecule has 0 radical (unpaired) electrons. The number of aliphatic imine (C=N–C) groups is 1. The number of amidine groups is 1. The average molecular weight is 355 g/mol. The second-order valence-electron chi connectivity index (χ2n) is 5.84. The van der Waals surface area contributed by atoms with Crippen LogP contribution in [0.25, 0.3) is 0 Å². The number of thioether (sulfide) groups is 1. The molecule has 1 aliphatic heterocycles. The van der Waals surface area contributed by atoms with E-state index < -0.39 is 0 Å². The molecule has 1 heterocycles. The van der Waals surface area contributed by atoms with E-state index in [0.29, 0.717) is 11.6 Å². The summed E-state index contributed by atoms with van der Waals surface area (Å²) in [5.41, 5.74) is 0.508. The lowest BCUT2D eigenvalue weighted by atomic mass is 9.80. The number of hydrogen-bond donors (Lipinski definition) is 0. The predicted octanol–water partition coefficient (Wildman–Crippen LogP) is 4.36. The van der Waals surface area contributed by atoms with E-state index in [4.69, 9.17) is 21.3 Å². The number of carbonyl (C=O) groups is 1. The highest BCUT2D eigenvalue weighted by Gasteiger charge is 2.38. The molecular weight excluding hydrogens is 332 g/mol. The number of esters is 1. The van der Waals surface area contributed by atoms with Gasteiger partial charge in [0.05, 0.1) is 17.7 Å². The first-order chi connectivity index (χ1) is 11.0. The maximum atomic E-state index is 12.1. The van der Waals surface area contributed by atoms with Crippen LogP contribution < -0.4 is 0 Å². The lowest BCUT2D eigenvalue weighted by Crippen LogP contribution is -2.45. The number of hydrogen-bond acceptors (Lipinski definition) is 4. The Balaban J connectivity index is 2.05. The number of nitrogens with zero attached hydrogens (tertiary/aromatic N) is 2. The molecule has 0 aliphatic carbocycles. The zero-order valence-corrected chi connectivity index (χ0v) is 15.4. The molecule has 2 rings (SSSR count). The molecule has 0 atom stereocenters. The highest BCUT2D eigenvalue weighted by molar-refractivity contribution is 8.13. The number of likely N-dealkylation sites (tertiary alicyclic amines) is 1. The van der Waals surface area contributed by atoms with Gasteiger partial charge in [0, 0.05) is 18.1 Å². The van der Waals surface area contributed by atoms with Crippen LogP contribution in [-0.4, -0.2) is 42.0 Å². The summed E-state index contributed by atoms with van der Waals surface area (Å²) in [4.78, 5) is 19.0. The quantitative estimate of drug-likeness (QED) is 0.459. The van der Waals surface area contributed by atoms with Crippen molar-refractivity contribution in [2.75, 3.05) is 26.0 Å². The largest absolute Gasteiger partial charge is 0.466 e. The van der Waals surface area contributed by atoms with Gasteiger partial charge in [-0.2, -0.15) is 0 Å². The number of carbonyl (C=O) groups excluding carboxylic acids is 1. The van der Waals surface area contributed by atoms with Gasteiger partial charge in [-0.15, -0.1) is 0 Å². The molecule has 1 aromatic rings. The topological polar surface area (TPSA) is 41.9 Å². The molecule has 0 aromatic heterocycles. The fourth-order valence-corrected chi connectivity index (χ4v) is 3.34. The van der Waals surface area contributed by atoms with E-state index in [1.54, 1.807) is 11.8 Å². The highest BCUT2D eigenvalue weighted by Crippen LogP contribution is 2.33. The molecule has 4 nitrogen and oxygen atoms in total. The summed E-state index contributed by atoms with van der Waals surface area (Å²) >= 11 is 7.53. The maximum absolute atomic E-state index is 12.1. The molecule has 0 spiro atoms. The van der Waals surface area contributed by atoms with Gasteiger partial charge < -0.3 is 9.64 Å². The van der Waals surface area contributed by atoms with Crippen LogP contribution in [0, 0.1) is 5.41 Å². The summed E-state index contributed by atoms with van der Waals surface area (Å²) in [6.45, 7) is 5.90. The van der Waals surface area contributed by atoms with Crippen molar-refractivity contribution in [1.82, 2.24) is 4.90 Å². The molecule has 0 amide bonds. The Kier molecular flexibility index (Phi) is 6.36. The van der Waals surface area contributed by atoms with Crippen molar-refractivity contribution < 1.29 is 9.53 Å². The summed E-state index contributed by atoms with van der Waals surface area (Å²) in [5, 5.41) is 1.68. The fraction of sp³-hybridized carbons (Fsp3) is 0.529. The Morgan fingerprint density at radius 1 is 1.35 bits per heavy atom. The van der Waals surface area contributed by atoms with Gasteiger partial charge in [-0.3, -0.25) is 4.79 Å². The third-order valence-corrected chi connectivity index (χ3v) is 5.11. The second-order valence-corrected chi connectivity index (χ2v) is 7.05. The van der Waals surface area contributed by atoms with E-state index >= 15 is 0 Å². The van der Waals surface area contributed by atoms with E-state index in [1.165, 1.54) is 0 Å². The first-order valence-corrected chi connectivity index (χ1v) is 9.39. The molecule has 126 valence electrons. The second kappa shape index (κ2) is 8.06. The van der Waals surface area contributed by atoms with Crippen molar-refractivity contribution >= 4 is 40.2 Å². The van der Waals surface area contributed by atoms with Crippen LogP contribution in [0.4, 0.5) is 5.69 Å². The minimum atomic E-state index is -0.379. The summed E-state index contributed by atoms with van der Waals surface area (Å²) in [6.07, 6.45) is 3.59. The van der Waals surface area contributed by atoms with Crippen molar-refractivity contribution in [2.24, 2.45) is 10.4 Å². The van der Waals surface area contributed by atoms with Crippen LogP contribution in [0.1, 0.15) is 26.7 Å². The molecule has 23 heavy (non-hydrogen) atoms. The normalized spacial score (nSPS) is 17.9. The molecule has 1 saturated heterocycles. The summed E-state index contributed by atoms with van der Waals surface area (Å²) in [5.74, 6) is -0.0833. The number of piperidine rings is 1. The Labute approximate surface area is 147 Å². The van der Waals surface area contributed by atoms with Gasteiger partial charge in [-0.1, -0.05) is 23.4 Å². The van der Waals surface area contributed by atoms with Gasteiger partial charge in [0.1, 0.15) is 0 Å². The van der Waals surface area contributed by atoms with Gasteiger partial charge >= 0.3 is 5.97 Å². The molecule has 1 fully saturated rings. The van der Waals surface area contributed by atoms with Gasteiger partial charge in [-0.25, -0.2) is 4.99 Å². The molecule has 0 N–H and O–H groups in total. The smallest absolute Gasteiger partial charge is 0.311 e. The predicted molar refractivity (Wildman–Crippen MR) is 97.6 cm³/mol. The third kappa shape index (κ3) is 4.64. The number of ether oxygens (including phenoxy) is 1. The van der Waals surface area contributed by atoms with Crippen molar-refractivity contribution in [2.45, 2.75) is 26.7 Å². The van der Waals surface area contributed by atoms with Gasteiger partial charge in [-0.05, 0) is 57.2 Å². The monoisotopic (exact) mass is 354 g/mol. The molecule has 1 aromatic carbocycles. The van der Waals surface area contributed by atoms with E-state index in [-0.39, 0.29) is 11.4 Å². The molecule has 6 heteroatoms. The minimum Gasteiger partial charge on any atom is -0.466 e. The Morgan fingerprint density at radius 3 is 2.48 bits per heavy atom. The first kappa shape index (κ1) is 18.1. The summed E-state index contributed by atoms with van der Waals surface area (Å²) < 4.78 is 5.21. The summed E-state index contributed by atoms with van der Waals surface area (Å²) in [6, 6.07) is 7.50. The zero-order chi connectivity index (χ0) is 16.9. The van der Waals surface area contributed by atoms with Crippen LogP contribution in [0.2, 0.25) is 5.02 Å². The lowest BCUT2D eigenvalue weighted by molar-refractivity contribution is -0.156. The van der Waals surface area contributed by atoms with Crippen molar-refractivity contribution in [3.05, 3.63) is 29.3 Å². The number of benzene rings is 1. The third-order valence-electron chi connectivity index (χ3n) is 4.14. The van der Waals surface area contributed by atoms with Crippen LogP contribution in [0.3, 0.4) is 0 Å². The van der Waals surface area contributed by atoms with E-state index in [0.717, 1.165) is 36.8 Å². The summed E-state index contributed by atoms with van der Waals surface area (Å²) in [7, 11) is 0. The highest BCUT2D eigenvalue weighted by atomic mass is 35.5. The van der Waals surface area contributed by atoms with Gasteiger partial charge in [0.15, 0.2) is 5.17 Å². The van der Waals surface area contributed by atoms with E-state index in [2.05, 4.69) is 4.90 Å². The standard InChI is InChI=1S/C17H23ClN2O2S/c1-4-22-15(21)17(2)9-11-20(12-10-17)16(23-3)19-14-7-5-13(18)6-8-14/h5-8H,4,9-12H2,1-3H3. The molecule has 0 saturated carbocycles. The van der Waals surface area contributed by atoms with Crippen molar-refractivity contribution in [1.29, 1.82) is 0 Å². The van der Waals surface area contributed by atoms with Gasteiger partial charge in [0.25, 0.3) is 0 Å². The lowest BCUT2D eigenvalue weighted by Gasteiger charge is -2.38. The molecule has 0 bridgehead atoms.